The lowest BCUT2D eigenvalue weighted by Crippen LogP contribution is -2.39. The van der Waals surface area contributed by atoms with Crippen molar-refractivity contribution in [2.45, 2.75) is 44.6 Å². The van der Waals surface area contributed by atoms with Crippen LogP contribution in [0.1, 0.15) is 45.7 Å². The number of pyridine rings is 1. The number of amides is 1. The van der Waals surface area contributed by atoms with Gasteiger partial charge in [-0.15, -0.1) is 0 Å². The second-order valence-corrected chi connectivity index (χ2v) is 6.29. The molecular weight excluding hydrogens is 292 g/mol. The smallest absolute Gasteiger partial charge is 0.257 e. The molecule has 6 nitrogen and oxygen atoms in total. The molecule has 0 radical (unpaired) electrons. The molecule has 2 aliphatic rings. The van der Waals surface area contributed by atoms with E-state index in [0.717, 1.165) is 44.2 Å². The normalized spacial score (nSPS) is 19.1. The minimum absolute atomic E-state index is 0.0963. The van der Waals surface area contributed by atoms with E-state index in [-0.39, 0.29) is 11.9 Å². The van der Waals surface area contributed by atoms with Crippen LogP contribution in [-0.4, -0.2) is 34.2 Å². The number of methoxy groups -OCH3 is 1. The van der Waals surface area contributed by atoms with E-state index in [2.05, 4.69) is 20.5 Å². The standard InChI is InChI=1S/C17H20N4O2/c1-23-17-13(8-10-3-2-4-14(10)20-17)16(22)19-12-5-6-15-11(7-12)9-18-21-15/h8-9,12H,2-7H2,1H3,(H,18,21)(H,19,22). The Balaban J connectivity index is 1.53. The number of carbonyl (C=O) groups is 1. The van der Waals surface area contributed by atoms with E-state index in [0.29, 0.717) is 11.4 Å². The Morgan fingerprint density at radius 2 is 2.26 bits per heavy atom. The monoisotopic (exact) mass is 312 g/mol. The molecule has 0 bridgehead atoms. The van der Waals surface area contributed by atoms with Crippen molar-refractivity contribution >= 4 is 5.91 Å². The van der Waals surface area contributed by atoms with Crippen molar-refractivity contribution in [1.82, 2.24) is 20.5 Å². The number of fused-ring (bicyclic) bond motifs is 2. The van der Waals surface area contributed by atoms with Crippen LogP contribution in [0.5, 0.6) is 5.88 Å². The van der Waals surface area contributed by atoms with Crippen LogP contribution in [0, 0.1) is 0 Å². The van der Waals surface area contributed by atoms with Crippen molar-refractivity contribution in [3.05, 3.63) is 40.3 Å². The average molecular weight is 312 g/mol. The van der Waals surface area contributed by atoms with Crippen molar-refractivity contribution in [2.24, 2.45) is 0 Å². The molecule has 1 unspecified atom stereocenters. The van der Waals surface area contributed by atoms with Gasteiger partial charge in [0, 0.05) is 17.4 Å². The second-order valence-electron chi connectivity index (χ2n) is 6.29. The van der Waals surface area contributed by atoms with E-state index >= 15 is 0 Å². The van der Waals surface area contributed by atoms with Gasteiger partial charge in [0.25, 0.3) is 5.91 Å². The summed E-state index contributed by atoms with van der Waals surface area (Å²) in [4.78, 5) is 17.2. The summed E-state index contributed by atoms with van der Waals surface area (Å²) in [6.45, 7) is 0. The number of rotatable bonds is 3. The number of carbonyl (C=O) groups excluding carboxylic acids is 1. The van der Waals surface area contributed by atoms with Crippen LogP contribution in [0.2, 0.25) is 0 Å². The number of hydrogen-bond donors (Lipinski definition) is 2. The number of nitrogens with zero attached hydrogens (tertiary/aromatic N) is 2. The lowest BCUT2D eigenvalue weighted by molar-refractivity contribution is 0.0929. The summed E-state index contributed by atoms with van der Waals surface area (Å²) in [6, 6.07) is 2.08. The number of aromatic nitrogens is 3. The third kappa shape index (κ3) is 2.58. The Morgan fingerprint density at radius 3 is 3.13 bits per heavy atom. The van der Waals surface area contributed by atoms with Gasteiger partial charge in [-0.25, -0.2) is 4.98 Å². The maximum atomic E-state index is 12.7. The minimum atomic E-state index is -0.0963. The molecule has 6 heteroatoms. The highest BCUT2D eigenvalue weighted by Gasteiger charge is 2.25. The predicted molar refractivity (Wildman–Crippen MR) is 84.7 cm³/mol. The molecule has 2 aliphatic carbocycles. The molecule has 2 aromatic rings. The lowest BCUT2D eigenvalue weighted by atomic mass is 9.93. The lowest BCUT2D eigenvalue weighted by Gasteiger charge is -2.23. The van der Waals surface area contributed by atoms with Gasteiger partial charge in [-0.3, -0.25) is 9.89 Å². The molecule has 2 heterocycles. The third-order valence-corrected chi connectivity index (χ3v) is 4.81. The van der Waals surface area contributed by atoms with Gasteiger partial charge in [0.05, 0.1) is 13.3 Å². The molecule has 120 valence electrons. The second kappa shape index (κ2) is 5.68. The average Bonchev–Trinajstić information content (AvgIpc) is 3.21. The van der Waals surface area contributed by atoms with E-state index in [4.69, 9.17) is 4.74 Å². The molecule has 1 amide bonds. The van der Waals surface area contributed by atoms with E-state index in [1.165, 1.54) is 16.8 Å². The van der Waals surface area contributed by atoms with Crippen LogP contribution in [0.25, 0.3) is 0 Å². The number of aryl methyl sites for hydroxylation is 3. The van der Waals surface area contributed by atoms with Gasteiger partial charge in [-0.2, -0.15) is 5.10 Å². The van der Waals surface area contributed by atoms with Crippen LogP contribution in [0.15, 0.2) is 12.3 Å². The molecule has 0 saturated heterocycles. The highest BCUT2D eigenvalue weighted by Crippen LogP contribution is 2.27. The summed E-state index contributed by atoms with van der Waals surface area (Å²) in [5.41, 5.74) is 5.18. The molecular formula is C17H20N4O2. The van der Waals surface area contributed by atoms with Crippen LogP contribution < -0.4 is 10.1 Å². The van der Waals surface area contributed by atoms with Gasteiger partial charge in [-0.05, 0) is 55.7 Å². The third-order valence-electron chi connectivity index (χ3n) is 4.81. The van der Waals surface area contributed by atoms with E-state index in [1.807, 2.05) is 12.3 Å². The largest absolute Gasteiger partial charge is 0.480 e. The first-order valence-electron chi connectivity index (χ1n) is 8.13. The molecule has 2 aromatic heterocycles. The highest BCUT2D eigenvalue weighted by atomic mass is 16.5. The fourth-order valence-electron chi connectivity index (χ4n) is 3.57. The maximum Gasteiger partial charge on any atom is 0.257 e. The Morgan fingerprint density at radius 1 is 1.35 bits per heavy atom. The van der Waals surface area contributed by atoms with Crippen molar-refractivity contribution < 1.29 is 9.53 Å². The van der Waals surface area contributed by atoms with Crippen molar-refractivity contribution in [3.63, 3.8) is 0 Å². The molecule has 23 heavy (non-hydrogen) atoms. The summed E-state index contributed by atoms with van der Waals surface area (Å²) in [6.07, 6.45) is 7.57. The fourth-order valence-corrected chi connectivity index (χ4v) is 3.57. The Hall–Kier alpha value is -2.37. The van der Waals surface area contributed by atoms with Crippen molar-refractivity contribution in [1.29, 1.82) is 0 Å². The predicted octanol–water partition coefficient (Wildman–Crippen LogP) is 1.59. The van der Waals surface area contributed by atoms with Crippen molar-refractivity contribution in [2.75, 3.05) is 7.11 Å². The molecule has 0 aliphatic heterocycles. The van der Waals surface area contributed by atoms with Gasteiger partial charge in [0.1, 0.15) is 5.56 Å². The quantitative estimate of drug-likeness (QED) is 0.902. The van der Waals surface area contributed by atoms with Gasteiger partial charge in [-0.1, -0.05) is 0 Å². The molecule has 0 saturated carbocycles. The number of aromatic amines is 1. The number of nitrogens with one attached hydrogen (secondary N) is 2. The zero-order chi connectivity index (χ0) is 15.8. The maximum absolute atomic E-state index is 12.7. The van der Waals surface area contributed by atoms with E-state index < -0.39 is 0 Å². The van der Waals surface area contributed by atoms with Crippen LogP contribution in [-0.2, 0) is 25.7 Å². The first-order valence-corrected chi connectivity index (χ1v) is 8.13. The number of ether oxygens (including phenoxy) is 1. The summed E-state index contributed by atoms with van der Waals surface area (Å²) in [7, 11) is 1.57. The first-order chi connectivity index (χ1) is 11.2. The summed E-state index contributed by atoms with van der Waals surface area (Å²) < 4.78 is 5.34. The number of hydrogen-bond acceptors (Lipinski definition) is 4. The molecule has 2 N–H and O–H groups in total. The topological polar surface area (TPSA) is 79.9 Å². The Bertz CT molecular complexity index is 753. The first kappa shape index (κ1) is 14.2. The Labute approximate surface area is 134 Å². The summed E-state index contributed by atoms with van der Waals surface area (Å²) >= 11 is 0. The van der Waals surface area contributed by atoms with Gasteiger partial charge in [0.2, 0.25) is 5.88 Å². The van der Waals surface area contributed by atoms with Gasteiger partial charge in [0.15, 0.2) is 0 Å². The minimum Gasteiger partial charge on any atom is -0.480 e. The van der Waals surface area contributed by atoms with Gasteiger partial charge >= 0.3 is 0 Å². The Kier molecular flexibility index (Phi) is 3.52. The molecule has 0 fully saturated rings. The SMILES string of the molecule is COc1nc2c(cc1C(=O)NC1CCc3[nH]ncc3C1)CCC2. The van der Waals surface area contributed by atoms with E-state index in [9.17, 15) is 4.79 Å². The summed E-state index contributed by atoms with van der Waals surface area (Å²) in [5.74, 6) is 0.337. The van der Waals surface area contributed by atoms with E-state index in [1.54, 1.807) is 7.11 Å². The molecule has 1 atom stereocenters. The molecule has 4 rings (SSSR count). The zero-order valence-electron chi connectivity index (χ0n) is 13.2. The highest BCUT2D eigenvalue weighted by molar-refractivity contribution is 5.96. The zero-order valence-corrected chi connectivity index (χ0v) is 13.2. The van der Waals surface area contributed by atoms with Crippen LogP contribution >= 0.6 is 0 Å². The fraction of sp³-hybridized carbons (Fsp3) is 0.471. The molecule has 0 spiro atoms. The van der Waals surface area contributed by atoms with Crippen LogP contribution in [0.3, 0.4) is 0 Å². The van der Waals surface area contributed by atoms with Gasteiger partial charge < -0.3 is 10.1 Å². The molecule has 0 aromatic carbocycles. The summed E-state index contributed by atoms with van der Waals surface area (Å²) in [5, 5.41) is 10.2. The van der Waals surface area contributed by atoms with Crippen molar-refractivity contribution in [3.8, 4) is 5.88 Å². The number of H-pyrrole nitrogens is 1. The van der Waals surface area contributed by atoms with Crippen LogP contribution in [0.4, 0.5) is 0 Å².